The van der Waals surface area contributed by atoms with Gasteiger partial charge >= 0.3 is 0 Å². The molecule has 6 rings (SSSR count). The Balaban J connectivity index is 1.52. The number of ether oxygens (including phenoxy) is 1. The zero-order chi connectivity index (χ0) is 29.9. The fraction of sp³-hybridized carbons (Fsp3) is 0.379. The molecule has 2 aromatic heterocycles. The van der Waals surface area contributed by atoms with Crippen molar-refractivity contribution in [2.45, 2.75) is 25.4 Å². The first-order valence-electron chi connectivity index (χ1n) is 14.2. The summed E-state index contributed by atoms with van der Waals surface area (Å²) in [6.45, 7) is 3.88. The maximum atomic E-state index is 16.0. The smallest absolute Gasteiger partial charge is 0.231 e. The molecule has 0 amide bonds. The van der Waals surface area contributed by atoms with Crippen LogP contribution in [0.1, 0.15) is 31.0 Å². The summed E-state index contributed by atoms with van der Waals surface area (Å²) in [6.07, 6.45) is 3.41. The van der Waals surface area contributed by atoms with Crippen molar-refractivity contribution in [1.29, 1.82) is 0 Å². The van der Waals surface area contributed by atoms with E-state index in [1.807, 2.05) is 12.1 Å². The number of alkyl halides is 1. The molecule has 2 atom stereocenters. The molecule has 2 fully saturated rings. The topological polar surface area (TPSA) is 143 Å². The minimum absolute atomic E-state index is 0.0787. The molecule has 2 aromatic carbocycles. The lowest BCUT2D eigenvalue weighted by molar-refractivity contribution is 0.122. The molecule has 0 spiro atoms. The van der Waals surface area contributed by atoms with Gasteiger partial charge in [-0.1, -0.05) is 18.2 Å². The highest BCUT2D eigenvalue weighted by atomic mass is 32.2. The van der Waals surface area contributed by atoms with Crippen LogP contribution >= 0.6 is 0 Å². The molecule has 11 nitrogen and oxygen atoms in total. The van der Waals surface area contributed by atoms with Crippen molar-refractivity contribution in [3.63, 3.8) is 0 Å². The van der Waals surface area contributed by atoms with E-state index in [1.165, 1.54) is 6.07 Å². The van der Waals surface area contributed by atoms with Crippen molar-refractivity contribution in [2.24, 2.45) is 0 Å². The largest absolute Gasteiger partial charge is 0.378 e. The average molecular weight is 611 g/mol. The van der Waals surface area contributed by atoms with E-state index in [4.69, 9.17) is 25.0 Å². The van der Waals surface area contributed by atoms with Crippen LogP contribution < -0.4 is 20.3 Å². The van der Waals surface area contributed by atoms with Gasteiger partial charge in [-0.2, -0.15) is 0 Å². The zero-order valence-electron chi connectivity index (χ0n) is 23.4. The van der Waals surface area contributed by atoms with Gasteiger partial charge in [0.15, 0.2) is 5.82 Å². The van der Waals surface area contributed by atoms with Crippen LogP contribution in [0.15, 0.2) is 42.7 Å². The van der Waals surface area contributed by atoms with E-state index in [-0.39, 0.29) is 30.0 Å². The zero-order valence-corrected chi connectivity index (χ0v) is 24.2. The van der Waals surface area contributed by atoms with E-state index in [9.17, 15) is 4.21 Å². The molecule has 4 heterocycles. The molecule has 0 bridgehead atoms. The second kappa shape index (κ2) is 12.8. The normalized spacial score (nSPS) is 17.0. The average Bonchev–Trinajstić information content (AvgIpc) is 3.56. The summed E-state index contributed by atoms with van der Waals surface area (Å²) in [6, 6.07) is 8.46. The molecule has 2 aliphatic heterocycles. The Kier molecular flexibility index (Phi) is 8.70. The number of nitrogens with zero attached hydrogens (tertiary/aromatic N) is 6. The van der Waals surface area contributed by atoms with Crippen LogP contribution in [0.3, 0.4) is 0 Å². The van der Waals surface area contributed by atoms with Gasteiger partial charge in [0.25, 0.3) is 0 Å². The number of fused-ring (bicyclic) bond motifs is 1. The molecular weight excluding hydrogens is 578 g/mol. The number of nitrogens with two attached hydrogens (primary N) is 1. The minimum Gasteiger partial charge on any atom is -0.378 e. The van der Waals surface area contributed by atoms with Gasteiger partial charge in [0, 0.05) is 61.6 Å². The van der Waals surface area contributed by atoms with Crippen LogP contribution in [-0.2, 0) is 16.0 Å². The van der Waals surface area contributed by atoms with Crippen molar-refractivity contribution in [3.05, 3.63) is 54.1 Å². The van der Waals surface area contributed by atoms with Crippen LogP contribution in [0.4, 0.5) is 26.2 Å². The monoisotopic (exact) mass is 610 g/mol. The second-order valence-electron chi connectivity index (χ2n) is 10.5. The lowest BCUT2D eigenvalue weighted by atomic mass is 9.96. The maximum absolute atomic E-state index is 16.0. The fourth-order valence-electron chi connectivity index (χ4n) is 5.60. The Labute approximate surface area is 249 Å². The van der Waals surface area contributed by atoms with E-state index in [0.717, 1.165) is 42.5 Å². The van der Waals surface area contributed by atoms with Gasteiger partial charge < -0.3 is 20.3 Å². The summed E-state index contributed by atoms with van der Waals surface area (Å²) in [4.78, 5) is 22.6. The third-order valence-corrected chi connectivity index (χ3v) is 8.20. The lowest BCUT2D eigenvalue weighted by Crippen LogP contribution is -2.37. The first-order valence-corrected chi connectivity index (χ1v) is 15.3. The van der Waals surface area contributed by atoms with Gasteiger partial charge in [0.1, 0.15) is 17.8 Å². The molecule has 2 aliphatic rings. The first-order chi connectivity index (χ1) is 20.9. The number of hydrogen-bond donors (Lipinski definition) is 3. The number of nitrogens with one attached hydrogen (secondary N) is 1. The molecule has 0 aliphatic carbocycles. The van der Waals surface area contributed by atoms with E-state index in [1.54, 1.807) is 24.5 Å². The third kappa shape index (κ3) is 6.27. The number of aromatic nitrogens is 4. The number of morpholine rings is 1. The van der Waals surface area contributed by atoms with Gasteiger partial charge in [0.05, 0.1) is 30.0 Å². The molecule has 4 aromatic rings. The molecule has 2 saturated heterocycles. The first kappa shape index (κ1) is 29.2. The van der Waals surface area contributed by atoms with Crippen molar-refractivity contribution in [2.75, 3.05) is 61.5 Å². The number of anilines is 3. The Morgan fingerprint density at radius 3 is 2.51 bits per heavy atom. The molecule has 14 heteroatoms. The van der Waals surface area contributed by atoms with E-state index >= 15 is 8.78 Å². The SMILES string of the molecule is Nc1ncc(-c2nc(N3CCOCC3)c3cc(-c4cccc(C(F)CCNS(=O)O)c4F)cc(N4CCCC4)c3n2)cn1. The van der Waals surface area contributed by atoms with Crippen molar-refractivity contribution in [3.8, 4) is 22.5 Å². The van der Waals surface area contributed by atoms with Gasteiger partial charge in [-0.15, -0.1) is 0 Å². The van der Waals surface area contributed by atoms with Gasteiger partial charge in [0.2, 0.25) is 17.2 Å². The minimum atomic E-state index is -2.27. The van der Waals surface area contributed by atoms with Gasteiger partial charge in [-0.05, 0) is 37.0 Å². The van der Waals surface area contributed by atoms with E-state index in [0.29, 0.717) is 49.1 Å². The van der Waals surface area contributed by atoms with Crippen LogP contribution in [0, 0.1) is 5.82 Å². The molecular formula is C29H32F2N8O3S. The Morgan fingerprint density at radius 2 is 1.79 bits per heavy atom. The predicted octanol–water partition coefficient (Wildman–Crippen LogP) is 4.04. The quantitative estimate of drug-likeness (QED) is 0.238. The number of rotatable bonds is 9. The van der Waals surface area contributed by atoms with Crippen molar-refractivity contribution in [1.82, 2.24) is 24.7 Å². The summed E-state index contributed by atoms with van der Waals surface area (Å²) in [5, 5.41) is 0.748. The third-order valence-electron chi connectivity index (χ3n) is 7.75. The van der Waals surface area contributed by atoms with Crippen LogP contribution in [0.2, 0.25) is 0 Å². The number of nitrogen functional groups attached to an aromatic ring is 1. The van der Waals surface area contributed by atoms with Crippen LogP contribution in [0.25, 0.3) is 33.4 Å². The number of hydrogen-bond acceptors (Lipinski definition) is 9. The highest BCUT2D eigenvalue weighted by Gasteiger charge is 2.25. The maximum Gasteiger partial charge on any atom is 0.231 e. The van der Waals surface area contributed by atoms with Crippen LogP contribution in [0.5, 0.6) is 0 Å². The van der Waals surface area contributed by atoms with E-state index in [2.05, 4.69) is 24.5 Å². The number of benzene rings is 2. The fourth-order valence-corrected chi connectivity index (χ4v) is 5.89. The summed E-state index contributed by atoms with van der Waals surface area (Å²) in [7, 11) is 0. The standard InChI is InChI=1S/C29H32F2N8O3S/c30-23(6-7-35-43(40)41)21-5-3-4-20(25(21)31)18-14-22-26(24(15-18)38-8-1-2-9-38)36-27(19-16-33-29(32)34-17-19)37-28(22)39-10-12-42-13-11-39/h3-5,14-17,23,35H,1-2,6-13H2,(H,40,41)(H2,32,33,34). The molecule has 43 heavy (non-hydrogen) atoms. The Morgan fingerprint density at radius 1 is 1.05 bits per heavy atom. The summed E-state index contributed by atoms with van der Waals surface area (Å²) in [5.74, 6) is 0.620. The van der Waals surface area contributed by atoms with Gasteiger partial charge in [-0.3, -0.25) is 4.55 Å². The van der Waals surface area contributed by atoms with Crippen molar-refractivity contribution < 1.29 is 22.3 Å². The summed E-state index contributed by atoms with van der Waals surface area (Å²) in [5.41, 5.74) is 8.64. The second-order valence-corrected chi connectivity index (χ2v) is 11.3. The number of halogens is 2. The highest BCUT2D eigenvalue weighted by molar-refractivity contribution is 7.77. The van der Waals surface area contributed by atoms with Crippen molar-refractivity contribution >= 4 is 39.6 Å². The lowest BCUT2D eigenvalue weighted by Gasteiger charge is -2.30. The van der Waals surface area contributed by atoms with Gasteiger partial charge in [-0.25, -0.2) is 37.6 Å². The Hall–Kier alpha value is -3.85. The molecule has 2 unspecified atom stereocenters. The Bertz CT molecular complexity index is 1630. The summed E-state index contributed by atoms with van der Waals surface area (Å²) < 4.78 is 58.8. The van der Waals surface area contributed by atoms with E-state index < -0.39 is 23.3 Å². The molecule has 0 radical (unpaired) electrons. The molecule has 226 valence electrons. The highest BCUT2D eigenvalue weighted by Crippen LogP contribution is 2.40. The van der Waals surface area contributed by atoms with Crippen LogP contribution in [-0.4, -0.2) is 74.6 Å². The summed E-state index contributed by atoms with van der Waals surface area (Å²) >= 11 is -2.27. The predicted molar refractivity (Wildman–Crippen MR) is 162 cm³/mol. The molecule has 4 N–H and O–H groups in total. The molecule has 0 saturated carbocycles.